The second-order valence-electron chi connectivity index (χ2n) is 3.38. The molecule has 1 aromatic rings. The second kappa shape index (κ2) is 6.43. The van der Waals surface area contributed by atoms with E-state index in [2.05, 4.69) is 9.98 Å². The Kier molecular flexibility index (Phi) is 4.92. The summed E-state index contributed by atoms with van der Waals surface area (Å²) in [5, 5.41) is 10.7. The summed E-state index contributed by atoms with van der Waals surface area (Å²) in [5.41, 5.74) is 5.12. The highest BCUT2D eigenvalue weighted by molar-refractivity contribution is 6.03. The summed E-state index contributed by atoms with van der Waals surface area (Å²) < 4.78 is 18.7. The highest BCUT2D eigenvalue weighted by atomic mass is 19.1. The number of hydrogen-bond acceptors (Lipinski definition) is 4. The highest BCUT2D eigenvalue weighted by Gasteiger charge is 2.20. The first-order chi connectivity index (χ1) is 9.01. The molecule has 0 saturated heterocycles. The topological polar surface area (TPSA) is 103 Å². The van der Waals surface area contributed by atoms with Crippen molar-refractivity contribution in [2.75, 3.05) is 13.7 Å². The molecule has 0 bridgehead atoms. The number of nitrogens with zero attached hydrogens (tertiary/aromatic N) is 3. The molecule has 0 heterocycles. The first kappa shape index (κ1) is 14.6. The molecule has 0 spiro atoms. The fourth-order valence-corrected chi connectivity index (χ4v) is 1.35. The SMILES string of the molecule is CCOc1cc(F)c([N+](=O)[O-])cc1C(N)=NC=NC. The van der Waals surface area contributed by atoms with Crippen molar-refractivity contribution in [3.8, 4) is 5.75 Å². The molecular weight excluding hydrogens is 255 g/mol. The van der Waals surface area contributed by atoms with Crippen molar-refractivity contribution >= 4 is 17.9 Å². The molecule has 8 heteroatoms. The number of benzene rings is 1. The van der Waals surface area contributed by atoms with Crippen molar-refractivity contribution in [3.05, 3.63) is 33.6 Å². The van der Waals surface area contributed by atoms with Gasteiger partial charge in [-0.15, -0.1) is 0 Å². The van der Waals surface area contributed by atoms with Crippen LogP contribution in [0.15, 0.2) is 22.1 Å². The lowest BCUT2D eigenvalue weighted by Gasteiger charge is -2.09. The fraction of sp³-hybridized carbons (Fsp3) is 0.273. The number of aliphatic imine (C=N–C) groups is 2. The largest absolute Gasteiger partial charge is 0.493 e. The third-order valence-corrected chi connectivity index (χ3v) is 2.13. The summed E-state index contributed by atoms with van der Waals surface area (Å²) in [4.78, 5) is 17.2. The molecule has 102 valence electrons. The Labute approximate surface area is 108 Å². The van der Waals surface area contributed by atoms with Gasteiger partial charge in [0, 0.05) is 19.2 Å². The van der Waals surface area contributed by atoms with Crippen LogP contribution in [0.2, 0.25) is 0 Å². The van der Waals surface area contributed by atoms with E-state index in [0.29, 0.717) is 0 Å². The summed E-state index contributed by atoms with van der Waals surface area (Å²) >= 11 is 0. The second-order valence-corrected chi connectivity index (χ2v) is 3.38. The van der Waals surface area contributed by atoms with E-state index in [1.807, 2.05) is 0 Å². The van der Waals surface area contributed by atoms with Crippen LogP contribution in [-0.4, -0.2) is 30.8 Å². The van der Waals surface area contributed by atoms with Crippen LogP contribution in [0.5, 0.6) is 5.75 Å². The van der Waals surface area contributed by atoms with Crippen molar-refractivity contribution in [2.45, 2.75) is 6.92 Å². The average Bonchev–Trinajstić information content (AvgIpc) is 2.36. The molecule has 0 radical (unpaired) electrons. The summed E-state index contributed by atoms with van der Waals surface area (Å²) in [6, 6.07) is 1.91. The van der Waals surface area contributed by atoms with Gasteiger partial charge in [-0.25, -0.2) is 4.99 Å². The Morgan fingerprint density at radius 2 is 2.32 bits per heavy atom. The summed E-state index contributed by atoms with van der Waals surface area (Å²) in [7, 11) is 1.49. The fourth-order valence-electron chi connectivity index (χ4n) is 1.35. The average molecular weight is 268 g/mol. The summed E-state index contributed by atoms with van der Waals surface area (Å²) in [5.74, 6) is -0.942. The van der Waals surface area contributed by atoms with Gasteiger partial charge in [0.05, 0.1) is 17.1 Å². The van der Waals surface area contributed by atoms with E-state index < -0.39 is 16.4 Å². The molecule has 1 aromatic carbocycles. The van der Waals surface area contributed by atoms with E-state index in [1.165, 1.54) is 13.4 Å². The van der Waals surface area contributed by atoms with E-state index in [1.54, 1.807) is 6.92 Å². The van der Waals surface area contributed by atoms with Crippen LogP contribution < -0.4 is 10.5 Å². The molecule has 0 aliphatic carbocycles. The number of hydrogen-bond donors (Lipinski definition) is 1. The normalized spacial score (nSPS) is 11.8. The maximum Gasteiger partial charge on any atom is 0.305 e. The molecule has 0 atom stereocenters. The van der Waals surface area contributed by atoms with Crippen molar-refractivity contribution in [1.82, 2.24) is 0 Å². The first-order valence-corrected chi connectivity index (χ1v) is 5.36. The summed E-state index contributed by atoms with van der Waals surface area (Å²) in [6.45, 7) is 1.96. The van der Waals surface area contributed by atoms with Crippen molar-refractivity contribution < 1.29 is 14.1 Å². The van der Waals surface area contributed by atoms with Gasteiger partial charge in [0.15, 0.2) is 0 Å². The standard InChI is InChI=1S/C11H13FN4O3/c1-3-19-10-5-8(12)9(16(17)18)4-7(10)11(13)15-6-14-2/h4-6H,3H2,1-2H3,(H2,13,14,15). The van der Waals surface area contributed by atoms with Crippen molar-refractivity contribution in [2.24, 2.45) is 15.7 Å². The van der Waals surface area contributed by atoms with Crippen molar-refractivity contribution in [1.29, 1.82) is 0 Å². The highest BCUT2D eigenvalue weighted by Crippen LogP contribution is 2.27. The number of nitro benzene ring substituents is 1. The predicted octanol–water partition coefficient (Wildman–Crippen LogP) is 1.50. The van der Waals surface area contributed by atoms with E-state index >= 15 is 0 Å². The molecular formula is C11H13FN4O3. The van der Waals surface area contributed by atoms with Gasteiger partial charge in [-0.05, 0) is 6.92 Å². The minimum atomic E-state index is -0.992. The van der Waals surface area contributed by atoms with Crippen LogP contribution in [0.25, 0.3) is 0 Å². The molecule has 0 fully saturated rings. The third-order valence-electron chi connectivity index (χ3n) is 2.13. The molecule has 0 aliphatic rings. The maximum atomic E-state index is 13.5. The first-order valence-electron chi connectivity index (χ1n) is 5.36. The Morgan fingerprint density at radius 1 is 1.63 bits per heavy atom. The van der Waals surface area contributed by atoms with Gasteiger partial charge >= 0.3 is 5.69 Å². The van der Waals surface area contributed by atoms with Gasteiger partial charge in [0.2, 0.25) is 5.82 Å². The van der Waals surface area contributed by atoms with Gasteiger partial charge in [0.1, 0.15) is 17.9 Å². The molecule has 0 unspecified atom stereocenters. The smallest absolute Gasteiger partial charge is 0.305 e. The maximum absolute atomic E-state index is 13.5. The van der Waals surface area contributed by atoms with Gasteiger partial charge in [-0.3, -0.25) is 15.1 Å². The zero-order chi connectivity index (χ0) is 14.4. The van der Waals surface area contributed by atoms with Crippen molar-refractivity contribution in [3.63, 3.8) is 0 Å². The van der Waals surface area contributed by atoms with E-state index in [9.17, 15) is 14.5 Å². The summed E-state index contributed by atoms with van der Waals surface area (Å²) in [6.07, 6.45) is 1.18. The molecule has 7 nitrogen and oxygen atoms in total. The molecule has 19 heavy (non-hydrogen) atoms. The van der Waals surface area contributed by atoms with Crippen LogP contribution >= 0.6 is 0 Å². The lowest BCUT2D eigenvalue weighted by atomic mass is 10.1. The van der Waals surface area contributed by atoms with E-state index in [4.69, 9.17) is 10.5 Å². The molecule has 0 aliphatic heterocycles. The minimum absolute atomic E-state index is 0.0443. The molecule has 2 N–H and O–H groups in total. The molecule has 1 rings (SSSR count). The van der Waals surface area contributed by atoms with Crippen LogP contribution in [-0.2, 0) is 0 Å². The number of rotatable bonds is 5. The Morgan fingerprint density at radius 3 is 2.84 bits per heavy atom. The number of nitrogens with two attached hydrogens (primary N) is 1. The molecule has 0 aromatic heterocycles. The quantitative estimate of drug-likeness (QED) is 0.378. The monoisotopic (exact) mass is 268 g/mol. The predicted molar refractivity (Wildman–Crippen MR) is 69.4 cm³/mol. The third kappa shape index (κ3) is 3.47. The minimum Gasteiger partial charge on any atom is -0.493 e. The van der Waals surface area contributed by atoms with E-state index in [-0.39, 0.29) is 23.8 Å². The Balaban J connectivity index is 3.40. The number of ether oxygens (including phenoxy) is 1. The Hall–Kier alpha value is -2.51. The zero-order valence-corrected chi connectivity index (χ0v) is 10.5. The molecule has 0 amide bonds. The Bertz CT molecular complexity index is 543. The van der Waals surface area contributed by atoms with Gasteiger partial charge in [0.25, 0.3) is 0 Å². The van der Waals surface area contributed by atoms with Crippen LogP contribution in [0, 0.1) is 15.9 Å². The van der Waals surface area contributed by atoms with Gasteiger partial charge in [-0.1, -0.05) is 0 Å². The van der Waals surface area contributed by atoms with Gasteiger partial charge in [-0.2, -0.15) is 4.39 Å². The number of amidine groups is 1. The lowest BCUT2D eigenvalue weighted by molar-refractivity contribution is -0.387. The zero-order valence-electron chi connectivity index (χ0n) is 10.5. The van der Waals surface area contributed by atoms with Crippen LogP contribution in [0.4, 0.5) is 10.1 Å². The van der Waals surface area contributed by atoms with Gasteiger partial charge < -0.3 is 10.5 Å². The van der Waals surface area contributed by atoms with E-state index in [0.717, 1.165) is 12.1 Å². The lowest BCUT2D eigenvalue weighted by Crippen LogP contribution is -2.16. The molecule has 0 saturated carbocycles. The number of nitro groups is 1. The number of halogens is 1. The van der Waals surface area contributed by atoms with Crippen LogP contribution in [0.1, 0.15) is 12.5 Å². The van der Waals surface area contributed by atoms with Crippen LogP contribution in [0.3, 0.4) is 0 Å².